The second-order valence-electron chi connectivity index (χ2n) is 3.74. The molecule has 0 bridgehead atoms. The van der Waals surface area contributed by atoms with Crippen molar-refractivity contribution in [3.8, 4) is 0 Å². The van der Waals surface area contributed by atoms with Gasteiger partial charge in [0.1, 0.15) is 5.56 Å². The van der Waals surface area contributed by atoms with Gasteiger partial charge in [0.2, 0.25) is 0 Å². The molecule has 0 aliphatic rings. The van der Waals surface area contributed by atoms with Gasteiger partial charge in [-0.3, -0.25) is 14.9 Å². The van der Waals surface area contributed by atoms with Crippen LogP contribution in [0, 0.1) is 10.1 Å². The first kappa shape index (κ1) is 13.4. The van der Waals surface area contributed by atoms with Crippen LogP contribution in [-0.2, 0) is 0 Å². The third-order valence-corrected chi connectivity index (χ3v) is 2.34. The van der Waals surface area contributed by atoms with E-state index in [1.807, 2.05) is 0 Å². The first-order valence-corrected chi connectivity index (χ1v) is 5.50. The van der Waals surface area contributed by atoms with Gasteiger partial charge in [0, 0.05) is 25.0 Å². The monoisotopic (exact) mass is 256 g/mol. The van der Waals surface area contributed by atoms with E-state index in [-0.39, 0.29) is 16.6 Å². The van der Waals surface area contributed by atoms with Gasteiger partial charge in [0.05, 0.1) is 4.92 Å². The van der Waals surface area contributed by atoms with E-state index in [1.165, 1.54) is 23.1 Å². The Morgan fingerprint density at radius 1 is 1.53 bits per heavy atom. The number of nitro groups is 1. The highest BCUT2D eigenvalue weighted by Gasteiger charge is 2.22. The lowest BCUT2D eigenvalue weighted by molar-refractivity contribution is -0.385. The largest absolute Gasteiger partial charge is 0.340 e. The molecular weight excluding hydrogens is 244 g/mol. The predicted octanol–water partition coefficient (Wildman–Crippen LogP) is 2.29. The van der Waals surface area contributed by atoms with Crippen LogP contribution in [0.2, 0.25) is 0 Å². The third-order valence-electron chi connectivity index (χ3n) is 2.20. The predicted molar refractivity (Wildman–Crippen MR) is 65.4 cm³/mol. The van der Waals surface area contributed by atoms with Crippen LogP contribution >= 0.6 is 11.6 Å². The molecular formula is C11H13ClN2O3. The molecule has 6 heteroatoms. The maximum absolute atomic E-state index is 12.0. The molecule has 92 valence electrons. The number of rotatable bonds is 4. The van der Waals surface area contributed by atoms with Crippen molar-refractivity contribution >= 4 is 23.2 Å². The van der Waals surface area contributed by atoms with Crippen LogP contribution in [-0.4, -0.2) is 34.7 Å². The van der Waals surface area contributed by atoms with Crippen LogP contribution in [0.15, 0.2) is 24.3 Å². The highest BCUT2D eigenvalue weighted by molar-refractivity contribution is 6.20. The zero-order chi connectivity index (χ0) is 13.0. The van der Waals surface area contributed by atoms with Crippen molar-refractivity contribution < 1.29 is 9.72 Å². The van der Waals surface area contributed by atoms with Crippen LogP contribution < -0.4 is 0 Å². The van der Waals surface area contributed by atoms with Crippen molar-refractivity contribution in [3.05, 3.63) is 39.9 Å². The standard InChI is InChI=1S/C11H13ClN2O3/c1-8(12)7-13(2)11(15)9-5-3-4-6-10(9)14(16)17/h3-6,8H,7H2,1-2H3. The van der Waals surface area contributed by atoms with Crippen LogP contribution in [0.1, 0.15) is 17.3 Å². The lowest BCUT2D eigenvalue weighted by Gasteiger charge is -2.18. The number of nitrogens with zero attached hydrogens (tertiary/aromatic N) is 2. The molecule has 17 heavy (non-hydrogen) atoms. The summed E-state index contributed by atoms with van der Waals surface area (Å²) in [5, 5.41) is 10.6. The molecule has 5 nitrogen and oxygen atoms in total. The summed E-state index contributed by atoms with van der Waals surface area (Å²) < 4.78 is 0. The summed E-state index contributed by atoms with van der Waals surface area (Å²) in [5.74, 6) is -0.398. The van der Waals surface area contributed by atoms with Gasteiger partial charge in [-0.15, -0.1) is 11.6 Å². The van der Waals surface area contributed by atoms with Crippen molar-refractivity contribution in [2.75, 3.05) is 13.6 Å². The molecule has 0 N–H and O–H groups in total. The fourth-order valence-corrected chi connectivity index (χ4v) is 1.69. The fraction of sp³-hybridized carbons (Fsp3) is 0.364. The summed E-state index contributed by atoms with van der Waals surface area (Å²) >= 11 is 5.78. The number of halogens is 1. The number of carbonyl (C=O) groups is 1. The minimum Gasteiger partial charge on any atom is -0.340 e. The average Bonchev–Trinajstić information content (AvgIpc) is 2.27. The van der Waals surface area contributed by atoms with Crippen LogP contribution in [0.25, 0.3) is 0 Å². The van der Waals surface area contributed by atoms with Crippen LogP contribution in [0.4, 0.5) is 5.69 Å². The van der Waals surface area contributed by atoms with Gasteiger partial charge in [0.15, 0.2) is 0 Å². The number of para-hydroxylation sites is 1. The van der Waals surface area contributed by atoms with Crippen molar-refractivity contribution in [2.24, 2.45) is 0 Å². The van der Waals surface area contributed by atoms with Gasteiger partial charge in [-0.2, -0.15) is 0 Å². The van der Waals surface area contributed by atoms with Crippen molar-refractivity contribution in [1.29, 1.82) is 0 Å². The van der Waals surface area contributed by atoms with Crippen LogP contribution in [0.3, 0.4) is 0 Å². The summed E-state index contributed by atoms with van der Waals surface area (Å²) in [6.45, 7) is 2.09. The van der Waals surface area contributed by atoms with Gasteiger partial charge in [-0.25, -0.2) is 0 Å². The molecule has 0 saturated heterocycles. The fourth-order valence-electron chi connectivity index (χ4n) is 1.48. The molecule has 1 rings (SSSR count). The smallest absolute Gasteiger partial charge is 0.282 e. The van der Waals surface area contributed by atoms with Crippen molar-refractivity contribution in [3.63, 3.8) is 0 Å². The lowest BCUT2D eigenvalue weighted by Crippen LogP contribution is -2.31. The molecule has 1 amide bonds. The third kappa shape index (κ3) is 3.42. The average molecular weight is 257 g/mol. The van der Waals surface area contributed by atoms with Gasteiger partial charge in [-0.05, 0) is 13.0 Å². The van der Waals surface area contributed by atoms with E-state index >= 15 is 0 Å². The Bertz CT molecular complexity index is 434. The lowest BCUT2D eigenvalue weighted by atomic mass is 10.1. The Kier molecular flexibility index (Phi) is 4.45. The van der Waals surface area contributed by atoms with E-state index in [9.17, 15) is 14.9 Å². The molecule has 0 aromatic heterocycles. The number of nitro benzene ring substituents is 1. The zero-order valence-electron chi connectivity index (χ0n) is 9.59. The van der Waals surface area contributed by atoms with Crippen molar-refractivity contribution in [2.45, 2.75) is 12.3 Å². The Hall–Kier alpha value is -1.62. The minimum absolute atomic E-state index is 0.0808. The second-order valence-corrected chi connectivity index (χ2v) is 4.49. The highest BCUT2D eigenvalue weighted by Crippen LogP contribution is 2.19. The maximum atomic E-state index is 12.0. The number of amides is 1. The highest BCUT2D eigenvalue weighted by atomic mass is 35.5. The summed E-state index contributed by atoms with van der Waals surface area (Å²) in [5.41, 5.74) is -0.108. The van der Waals surface area contributed by atoms with Gasteiger partial charge in [-0.1, -0.05) is 12.1 Å². The molecule has 0 spiro atoms. The Labute approximate surface area is 104 Å². The zero-order valence-corrected chi connectivity index (χ0v) is 10.3. The van der Waals surface area contributed by atoms with Crippen LogP contribution in [0.5, 0.6) is 0 Å². The topological polar surface area (TPSA) is 63.5 Å². The molecule has 0 fully saturated rings. The molecule has 1 unspecified atom stereocenters. The molecule has 1 atom stereocenters. The number of alkyl halides is 1. The Balaban J connectivity index is 3.00. The van der Waals surface area contributed by atoms with E-state index in [4.69, 9.17) is 11.6 Å². The molecule has 0 aliphatic heterocycles. The molecule has 1 aromatic rings. The van der Waals surface area contributed by atoms with E-state index in [0.717, 1.165) is 0 Å². The normalized spacial score (nSPS) is 11.9. The van der Waals surface area contributed by atoms with E-state index < -0.39 is 10.8 Å². The van der Waals surface area contributed by atoms with Gasteiger partial charge in [0.25, 0.3) is 11.6 Å². The summed E-state index contributed by atoms with van der Waals surface area (Å²) in [7, 11) is 1.57. The maximum Gasteiger partial charge on any atom is 0.282 e. The summed E-state index contributed by atoms with van der Waals surface area (Å²) in [4.78, 5) is 23.6. The van der Waals surface area contributed by atoms with E-state index in [2.05, 4.69) is 0 Å². The number of carbonyl (C=O) groups excluding carboxylic acids is 1. The Morgan fingerprint density at radius 3 is 2.65 bits per heavy atom. The van der Waals surface area contributed by atoms with Crippen molar-refractivity contribution in [1.82, 2.24) is 4.90 Å². The first-order valence-electron chi connectivity index (χ1n) is 5.06. The summed E-state index contributed by atoms with van der Waals surface area (Å²) in [6.07, 6.45) is 0. The summed E-state index contributed by atoms with van der Waals surface area (Å²) in [6, 6.07) is 5.87. The SMILES string of the molecule is CC(Cl)CN(C)C(=O)c1ccccc1[N+](=O)[O-]. The number of benzene rings is 1. The van der Waals surface area contributed by atoms with E-state index in [0.29, 0.717) is 6.54 Å². The first-order chi connectivity index (χ1) is 7.93. The molecule has 0 radical (unpaired) electrons. The molecule has 0 saturated carbocycles. The molecule has 0 aliphatic carbocycles. The number of hydrogen-bond acceptors (Lipinski definition) is 3. The molecule has 1 aromatic carbocycles. The molecule has 0 heterocycles. The quantitative estimate of drug-likeness (QED) is 0.472. The van der Waals surface area contributed by atoms with Gasteiger partial charge < -0.3 is 4.90 Å². The number of hydrogen-bond donors (Lipinski definition) is 0. The Morgan fingerprint density at radius 2 is 2.12 bits per heavy atom. The second kappa shape index (κ2) is 5.63. The van der Waals surface area contributed by atoms with Gasteiger partial charge >= 0.3 is 0 Å². The minimum atomic E-state index is -0.564. The van der Waals surface area contributed by atoms with E-state index in [1.54, 1.807) is 20.0 Å².